The second-order valence-electron chi connectivity index (χ2n) is 4.08. The Hall–Kier alpha value is -1.37. The molecule has 0 aliphatic carbocycles. The molecule has 0 amide bonds. The first-order valence-corrected chi connectivity index (χ1v) is 6.70. The van der Waals surface area contributed by atoms with E-state index in [1.807, 2.05) is 19.2 Å². The van der Waals surface area contributed by atoms with Crippen LogP contribution < -0.4 is 11.3 Å². The van der Waals surface area contributed by atoms with Gasteiger partial charge >= 0.3 is 0 Å². The van der Waals surface area contributed by atoms with Gasteiger partial charge in [-0.25, -0.2) is 0 Å². The molecule has 0 saturated carbocycles. The van der Waals surface area contributed by atoms with Crippen molar-refractivity contribution in [2.75, 3.05) is 5.75 Å². The van der Waals surface area contributed by atoms with Gasteiger partial charge in [0.15, 0.2) is 0 Å². The molecule has 3 N–H and O–H groups in total. The van der Waals surface area contributed by atoms with Crippen LogP contribution in [0.3, 0.4) is 0 Å². The number of nitrogens with zero attached hydrogens (tertiary/aromatic N) is 3. The van der Waals surface area contributed by atoms with Crippen molar-refractivity contribution in [3.63, 3.8) is 0 Å². The van der Waals surface area contributed by atoms with Crippen molar-refractivity contribution in [1.82, 2.24) is 20.4 Å². The zero-order valence-electron chi connectivity index (χ0n) is 10.5. The highest BCUT2D eigenvalue weighted by molar-refractivity contribution is 7.99. The zero-order chi connectivity index (χ0) is 13.0. The molecule has 5 nitrogen and oxygen atoms in total. The van der Waals surface area contributed by atoms with Gasteiger partial charge in [0.1, 0.15) is 0 Å². The largest absolute Gasteiger partial charge is 0.271 e. The van der Waals surface area contributed by atoms with Crippen molar-refractivity contribution < 1.29 is 0 Å². The van der Waals surface area contributed by atoms with Crippen molar-refractivity contribution >= 4 is 11.8 Å². The van der Waals surface area contributed by atoms with Crippen LogP contribution in [0.15, 0.2) is 35.4 Å². The first kappa shape index (κ1) is 13.1. The summed E-state index contributed by atoms with van der Waals surface area (Å²) in [7, 11) is 1.87. The number of benzene rings is 1. The molecule has 18 heavy (non-hydrogen) atoms. The summed E-state index contributed by atoms with van der Waals surface area (Å²) >= 11 is 1.78. The third kappa shape index (κ3) is 2.90. The number of thioether (sulfide) groups is 1. The molecular formula is C12H17N5S. The Morgan fingerprint density at radius 3 is 2.83 bits per heavy atom. The minimum absolute atomic E-state index is 0.0367. The predicted molar refractivity (Wildman–Crippen MR) is 73.0 cm³/mol. The van der Waals surface area contributed by atoms with Gasteiger partial charge in [-0.15, -0.1) is 16.9 Å². The first-order chi connectivity index (χ1) is 8.72. The van der Waals surface area contributed by atoms with Crippen LogP contribution in [-0.2, 0) is 7.05 Å². The van der Waals surface area contributed by atoms with Gasteiger partial charge < -0.3 is 0 Å². The van der Waals surface area contributed by atoms with E-state index in [9.17, 15) is 0 Å². The summed E-state index contributed by atoms with van der Waals surface area (Å²) < 4.78 is 1.74. The maximum Gasteiger partial charge on any atom is 0.0775 e. The van der Waals surface area contributed by atoms with E-state index in [-0.39, 0.29) is 6.04 Å². The first-order valence-electron chi connectivity index (χ1n) is 5.71. The zero-order valence-corrected chi connectivity index (χ0v) is 11.3. The van der Waals surface area contributed by atoms with E-state index in [4.69, 9.17) is 5.84 Å². The number of aryl methyl sites for hydroxylation is 2. The van der Waals surface area contributed by atoms with Crippen molar-refractivity contribution in [1.29, 1.82) is 0 Å². The molecule has 0 fully saturated rings. The van der Waals surface area contributed by atoms with Crippen molar-refractivity contribution in [3.05, 3.63) is 41.7 Å². The summed E-state index contributed by atoms with van der Waals surface area (Å²) in [6, 6.07) is 8.36. The number of aromatic nitrogens is 3. The molecule has 0 saturated heterocycles. The van der Waals surface area contributed by atoms with Gasteiger partial charge in [0, 0.05) is 17.7 Å². The van der Waals surface area contributed by atoms with Crippen LogP contribution in [0.25, 0.3) is 0 Å². The molecule has 1 heterocycles. The van der Waals surface area contributed by atoms with Crippen LogP contribution in [0.5, 0.6) is 0 Å². The molecular weight excluding hydrogens is 246 g/mol. The lowest BCUT2D eigenvalue weighted by atomic mass is 10.2. The van der Waals surface area contributed by atoms with E-state index >= 15 is 0 Å². The van der Waals surface area contributed by atoms with E-state index in [2.05, 4.69) is 34.8 Å². The second kappa shape index (κ2) is 5.99. The fourth-order valence-corrected chi connectivity index (χ4v) is 2.81. The Labute approximate surface area is 111 Å². The normalized spacial score (nSPS) is 12.6. The monoisotopic (exact) mass is 263 g/mol. The topological polar surface area (TPSA) is 68.8 Å². The molecule has 1 unspecified atom stereocenters. The van der Waals surface area contributed by atoms with Crippen molar-refractivity contribution in [2.24, 2.45) is 12.9 Å². The molecule has 2 aromatic rings. The Balaban J connectivity index is 2.05. The van der Waals surface area contributed by atoms with Gasteiger partial charge in [0.2, 0.25) is 0 Å². The van der Waals surface area contributed by atoms with Gasteiger partial charge in [0.25, 0.3) is 0 Å². The molecule has 6 heteroatoms. The van der Waals surface area contributed by atoms with Crippen molar-refractivity contribution in [3.8, 4) is 0 Å². The summed E-state index contributed by atoms with van der Waals surface area (Å²) in [5.41, 5.74) is 5.08. The standard InChI is InChI=1S/C12H17N5S/c1-9-5-3-4-6-12(9)18-8-10(15-13)11-7-14-16-17(11)2/h3-7,10,15H,8,13H2,1-2H3. The number of hydrogen-bond donors (Lipinski definition) is 2. The highest BCUT2D eigenvalue weighted by Gasteiger charge is 2.14. The van der Waals surface area contributed by atoms with Gasteiger partial charge in [-0.2, -0.15) is 0 Å². The van der Waals surface area contributed by atoms with Crippen molar-refractivity contribution in [2.45, 2.75) is 17.9 Å². The van der Waals surface area contributed by atoms with Gasteiger partial charge in [-0.3, -0.25) is 16.0 Å². The Kier molecular flexibility index (Phi) is 4.35. The Morgan fingerprint density at radius 2 is 2.22 bits per heavy atom. The van der Waals surface area contributed by atoms with Gasteiger partial charge in [0.05, 0.1) is 17.9 Å². The quantitative estimate of drug-likeness (QED) is 0.485. The second-order valence-corrected chi connectivity index (χ2v) is 5.14. The predicted octanol–water partition coefficient (Wildman–Crippen LogP) is 1.42. The highest BCUT2D eigenvalue weighted by atomic mass is 32.2. The summed E-state index contributed by atoms with van der Waals surface area (Å²) in [5, 5.41) is 7.79. The molecule has 1 atom stereocenters. The van der Waals surface area contributed by atoms with E-state index < -0.39 is 0 Å². The summed E-state index contributed by atoms with van der Waals surface area (Å²) in [6.45, 7) is 2.11. The van der Waals surface area contributed by atoms with E-state index in [0.29, 0.717) is 0 Å². The third-order valence-electron chi connectivity index (χ3n) is 2.81. The minimum atomic E-state index is 0.0367. The molecule has 0 bridgehead atoms. The van der Waals surface area contributed by atoms with E-state index in [1.54, 1.807) is 22.6 Å². The lowest BCUT2D eigenvalue weighted by Gasteiger charge is -2.15. The van der Waals surface area contributed by atoms with E-state index in [0.717, 1.165) is 11.4 Å². The third-order valence-corrected chi connectivity index (χ3v) is 4.08. The minimum Gasteiger partial charge on any atom is -0.271 e. The number of hydrogen-bond acceptors (Lipinski definition) is 5. The van der Waals surface area contributed by atoms with Gasteiger partial charge in [-0.1, -0.05) is 23.4 Å². The van der Waals surface area contributed by atoms with Crippen LogP contribution >= 0.6 is 11.8 Å². The summed E-state index contributed by atoms with van der Waals surface area (Å²) in [5.74, 6) is 6.44. The maximum atomic E-state index is 5.60. The molecule has 2 rings (SSSR count). The van der Waals surface area contributed by atoms with Crippen LogP contribution in [0.4, 0.5) is 0 Å². The molecule has 96 valence electrons. The summed E-state index contributed by atoms with van der Waals surface area (Å²) in [6.07, 6.45) is 1.74. The van der Waals surface area contributed by atoms with Crippen LogP contribution in [0, 0.1) is 6.92 Å². The maximum absolute atomic E-state index is 5.60. The molecule has 1 aromatic carbocycles. The lowest BCUT2D eigenvalue weighted by molar-refractivity contribution is 0.551. The molecule has 0 spiro atoms. The fraction of sp³-hybridized carbons (Fsp3) is 0.333. The average molecular weight is 263 g/mol. The lowest BCUT2D eigenvalue weighted by Crippen LogP contribution is -2.31. The number of nitrogens with two attached hydrogens (primary N) is 1. The van der Waals surface area contributed by atoms with Crippen LogP contribution in [0.1, 0.15) is 17.3 Å². The van der Waals surface area contributed by atoms with Crippen LogP contribution in [0.2, 0.25) is 0 Å². The Morgan fingerprint density at radius 1 is 1.44 bits per heavy atom. The molecule has 1 aromatic heterocycles. The van der Waals surface area contributed by atoms with E-state index in [1.165, 1.54) is 10.5 Å². The number of hydrazine groups is 1. The van der Waals surface area contributed by atoms with Crippen LogP contribution in [-0.4, -0.2) is 20.7 Å². The molecule has 0 aliphatic heterocycles. The molecule has 0 radical (unpaired) electrons. The Bertz CT molecular complexity index is 511. The number of rotatable bonds is 5. The highest BCUT2D eigenvalue weighted by Crippen LogP contribution is 2.26. The smallest absolute Gasteiger partial charge is 0.0775 e. The average Bonchev–Trinajstić information content (AvgIpc) is 2.79. The fourth-order valence-electron chi connectivity index (χ4n) is 1.72. The number of nitrogens with one attached hydrogen (secondary N) is 1. The molecule has 0 aliphatic rings. The van der Waals surface area contributed by atoms with Gasteiger partial charge in [-0.05, 0) is 18.6 Å². The summed E-state index contributed by atoms with van der Waals surface area (Å²) in [4.78, 5) is 1.27. The SMILES string of the molecule is Cc1ccccc1SCC(NN)c1cnnn1C.